The Kier molecular flexibility index (Phi) is 7.18. The second-order valence-electron chi connectivity index (χ2n) is 10.4. The van der Waals surface area contributed by atoms with Crippen LogP contribution in [0, 0.1) is 24.0 Å². The van der Waals surface area contributed by atoms with Crippen molar-refractivity contribution in [2.75, 3.05) is 18.1 Å². The van der Waals surface area contributed by atoms with E-state index in [-0.39, 0.29) is 21.5 Å². The standard InChI is InChI=1S/C30H29N5O4S2/c1-20-8-9-21(2)26(16-20)27-18-29(23-6-5-7-24(17-23)35(36)37)34(32-27)30-31-28(19-40-30)22-10-12-25(13-11-22)41(38,39)33-14-3-4-15-33/h5-13,16-17,19,29H,3-4,14-15,18H2,1-2H3/t29-/m0/s1. The summed E-state index contributed by atoms with van der Waals surface area (Å²) in [5.41, 5.74) is 6.53. The highest BCUT2D eigenvalue weighted by Gasteiger charge is 2.33. The van der Waals surface area contributed by atoms with E-state index in [0.717, 1.165) is 46.4 Å². The fourth-order valence-electron chi connectivity index (χ4n) is 5.38. The molecule has 0 spiro atoms. The molecule has 11 heteroatoms. The lowest BCUT2D eigenvalue weighted by Crippen LogP contribution is -2.27. The monoisotopic (exact) mass is 587 g/mol. The zero-order chi connectivity index (χ0) is 28.7. The zero-order valence-electron chi connectivity index (χ0n) is 22.7. The summed E-state index contributed by atoms with van der Waals surface area (Å²) in [4.78, 5) is 16.3. The lowest BCUT2D eigenvalue weighted by molar-refractivity contribution is -0.384. The number of nitro groups is 1. The normalized spacial score (nSPS) is 17.7. The first-order chi connectivity index (χ1) is 19.7. The molecule has 210 valence electrons. The molecule has 2 aliphatic rings. The van der Waals surface area contributed by atoms with Crippen LogP contribution in [-0.2, 0) is 10.0 Å². The van der Waals surface area contributed by atoms with Gasteiger partial charge in [0.25, 0.3) is 5.69 Å². The number of thiazole rings is 1. The summed E-state index contributed by atoms with van der Waals surface area (Å²) >= 11 is 1.43. The van der Waals surface area contributed by atoms with E-state index in [2.05, 4.69) is 25.1 Å². The van der Waals surface area contributed by atoms with Crippen molar-refractivity contribution >= 4 is 37.9 Å². The van der Waals surface area contributed by atoms with Crippen molar-refractivity contribution in [3.63, 3.8) is 0 Å². The molecule has 2 aliphatic heterocycles. The number of hydrazone groups is 1. The molecule has 0 radical (unpaired) electrons. The first kappa shape index (κ1) is 27.3. The van der Waals surface area contributed by atoms with Gasteiger partial charge in [-0.2, -0.15) is 9.41 Å². The maximum Gasteiger partial charge on any atom is 0.269 e. The van der Waals surface area contributed by atoms with Gasteiger partial charge in [-0.25, -0.2) is 18.4 Å². The Balaban J connectivity index is 1.34. The maximum absolute atomic E-state index is 12.9. The van der Waals surface area contributed by atoms with E-state index in [1.807, 2.05) is 23.4 Å². The summed E-state index contributed by atoms with van der Waals surface area (Å²) < 4.78 is 27.4. The fraction of sp³-hybridized carbons (Fsp3) is 0.267. The molecule has 1 aromatic heterocycles. The first-order valence-corrected chi connectivity index (χ1v) is 15.8. The van der Waals surface area contributed by atoms with E-state index in [4.69, 9.17) is 10.1 Å². The van der Waals surface area contributed by atoms with Crippen molar-refractivity contribution in [2.45, 2.75) is 44.0 Å². The molecule has 1 saturated heterocycles. The van der Waals surface area contributed by atoms with Gasteiger partial charge in [0, 0.05) is 48.2 Å². The summed E-state index contributed by atoms with van der Waals surface area (Å²) in [5, 5.41) is 21.0. The molecule has 0 bridgehead atoms. The molecule has 6 rings (SSSR count). The van der Waals surface area contributed by atoms with Crippen molar-refractivity contribution in [3.8, 4) is 11.3 Å². The van der Waals surface area contributed by atoms with Crippen molar-refractivity contribution in [3.05, 3.63) is 104 Å². The molecular weight excluding hydrogens is 558 g/mol. The summed E-state index contributed by atoms with van der Waals surface area (Å²) in [6.45, 7) is 5.22. The minimum atomic E-state index is -3.49. The number of sulfonamides is 1. The van der Waals surface area contributed by atoms with Crippen molar-refractivity contribution in [2.24, 2.45) is 5.10 Å². The number of aryl methyl sites for hydroxylation is 2. The Morgan fingerprint density at radius 2 is 1.76 bits per heavy atom. The van der Waals surface area contributed by atoms with E-state index >= 15 is 0 Å². The molecule has 1 atom stereocenters. The van der Waals surface area contributed by atoms with Crippen LogP contribution in [0.4, 0.5) is 10.8 Å². The second kappa shape index (κ2) is 10.8. The van der Waals surface area contributed by atoms with E-state index < -0.39 is 10.0 Å². The number of anilines is 1. The summed E-state index contributed by atoms with van der Waals surface area (Å²) in [6.07, 6.45) is 2.35. The minimum absolute atomic E-state index is 0.0337. The van der Waals surface area contributed by atoms with Crippen LogP contribution in [0.15, 0.2) is 82.1 Å². The van der Waals surface area contributed by atoms with Crippen LogP contribution in [0.3, 0.4) is 0 Å². The van der Waals surface area contributed by atoms with Crippen LogP contribution in [-0.4, -0.2) is 41.4 Å². The highest BCUT2D eigenvalue weighted by Crippen LogP contribution is 2.40. The fourth-order valence-corrected chi connectivity index (χ4v) is 7.73. The van der Waals surface area contributed by atoms with E-state index in [9.17, 15) is 18.5 Å². The average molecular weight is 588 g/mol. The van der Waals surface area contributed by atoms with Gasteiger partial charge in [0.15, 0.2) is 0 Å². The Morgan fingerprint density at radius 3 is 2.49 bits per heavy atom. The third kappa shape index (κ3) is 5.28. The van der Waals surface area contributed by atoms with Crippen LogP contribution < -0.4 is 5.01 Å². The number of hydrogen-bond donors (Lipinski definition) is 0. The maximum atomic E-state index is 12.9. The van der Waals surface area contributed by atoms with Gasteiger partial charge >= 0.3 is 0 Å². The van der Waals surface area contributed by atoms with Gasteiger partial charge in [0.1, 0.15) is 0 Å². The predicted octanol–water partition coefficient (Wildman–Crippen LogP) is 6.48. The van der Waals surface area contributed by atoms with E-state index in [1.54, 1.807) is 36.4 Å². The van der Waals surface area contributed by atoms with Gasteiger partial charge in [-0.05, 0) is 56.0 Å². The number of non-ortho nitro benzene ring substituents is 1. The van der Waals surface area contributed by atoms with Gasteiger partial charge in [-0.1, -0.05) is 42.0 Å². The summed E-state index contributed by atoms with van der Waals surface area (Å²) in [6, 6.07) is 19.5. The van der Waals surface area contributed by atoms with Crippen LogP contribution >= 0.6 is 11.3 Å². The number of benzene rings is 3. The van der Waals surface area contributed by atoms with Gasteiger partial charge in [-0.15, -0.1) is 11.3 Å². The first-order valence-electron chi connectivity index (χ1n) is 13.5. The molecule has 0 aliphatic carbocycles. The summed E-state index contributed by atoms with van der Waals surface area (Å²) in [7, 11) is -3.49. The Labute approximate surface area is 243 Å². The lowest BCUT2D eigenvalue weighted by Gasteiger charge is -2.21. The van der Waals surface area contributed by atoms with E-state index in [0.29, 0.717) is 30.3 Å². The molecule has 4 aromatic rings. The number of aromatic nitrogens is 1. The third-order valence-corrected chi connectivity index (χ3v) is 10.4. The van der Waals surface area contributed by atoms with Gasteiger partial charge < -0.3 is 0 Å². The quantitative estimate of drug-likeness (QED) is 0.181. The topological polar surface area (TPSA) is 109 Å². The molecule has 0 amide bonds. The van der Waals surface area contributed by atoms with Gasteiger partial charge in [0.2, 0.25) is 15.2 Å². The minimum Gasteiger partial charge on any atom is -0.258 e. The Bertz CT molecular complexity index is 1760. The molecule has 3 aromatic carbocycles. The lowest BCUT2D eigenvalue weighted by atomic mass is 9.95. The van der Waals surface area contributed by atoms with E-state index in [1.165, 1.54) is 21.7 Å². The van der Waals surface area contributed by atoms with Crippen molar-refractivity contribution in [1.29, 1.82) is 0 Å². The predicted molar refractivity (Wildman–Crippen MR) is 161 cm³/mol. The zero-order valence-corrected chi connectivity index (χ0v) is 24.4. The SMILES string of the molecule is Cc1ccc(C)c(C2=NN(c3nc(-c4ccc(S(=O)(=O)N5CCCC5)cc4)cs3)[C@H](c3cccc([N+](=O)[O-])c3)C2)c1. The number of rotatable bonds is 7. The van der Waals surface area contributed by atoms with Crippen LogP contribution in [0.25, 0.3) is 11.3 Å². The van der Waals surface area contributed by atoms with Gasteiger partial charge in [0.05, 0.1) is 27.3 Å². The number of nitrogens with zero attached hydrogens (tertiary/aromatic N) is 5. The second-order valence-corrected chi connectivity index (χ2v) is 13.2. The average Bonchev–Trinajstić information content (AvgIpc) is 3.76. The molecule has 0 N–H and O–H groups in total. The molecular formula is C30H29N5O4S2. The molecule has 3 heterocycles. The van der Waals surface area contributed by atoms with Crippen LogP contribution in [0.2, 0.25) is 0 Å². The Morgan fingerprint density at radius 1 is 1.00 bits per heavy atom. The molecule has 0 saturated carbocycles. The molecule has 0 unspecified atom stereocenters. The third-order valence-electron chi connectivity index (χ3n) is 7.62. The number of nitro benzene ring substituents is 1. The summed E-state index contributed by atoms with van der Waals surface area (Å²) in [5.74, 6) is 0. The highest BCUT2D eigenvalue weighted by atomic mass is 32.2. The number of hydrogen-bond acceptors (Lipinski definition) is 8. The largest absolute Gasteiger partial charge is 0.269 e. The highest BCUT2D eigenvalue weighted by molar-refractivity contribution is 7.89. The van der Waals surface area contributed by atoms with Crippen LogP contribution in [0.5, 0.6) is 0 Å². The molecule has 9 nitrogen and oxygen atoms in total. The van der Waals surface area contributed by atoms with Crippen LogP contribution in [0.1, 0.15) is 47.6 Å². The van der Waals surface area contributed by atoms with Gasteiger partial charge in [-0.3, -0.25) is 10.1 Å². The molecule has 1 fully saturated rings. The van der Waals surface area contributed by atoms with Crippen molar-refractivity contribution in [1.82, 2.24) is 9.29 Å². The smallest absolute Gasteiger partial charge is 0.258 e. The molecule has 41 heavy (non-hydrogen) atoms. The van der Waals surface area contributed by atoms with Crippen molar-refractivity contribution < 1.29 is 13.3 Å². The Hall–Kier alpha value is -3.93.